The van der Waals surface area contributed by atoms with Crippen molar-refractivity contribution in [1.82, 2.24) is 9.88 Å². The van der Waals surface area contributed by atoms with Crippen LogP contribution < -0.4 is 5.43 Å². The van der Waals surface area contributed by atoms with Gasteiger partial charge in [0.25, 0.3) is 0 Å². The monoisotopic (exact) mass is 336 g/mol. The number of rotatable bonds is 6. The lowest BCUT2D eigenvalue weighted by Crippen LogP contribution is -2.12. The quantitative estimate of drug-likeness (QED) is 0.538. The third-order valence-corrected chi connectivity index (χ3v) is 4.23. The predicted molar refractivity (Wildman–Crippen MR) is 103 cm³/mol. The normalized spacial score (nSPS) is 11.3. The minimum absolute atomic E-state index is 0.787. The molecule has 0 unspecified atom stereocenters. The van der Waals surface area contributed by atoms with Gasteiger partial charge in [0.05, 0.1) is 11.9 Å². The van der Waals surface area contributed by atoms with Crippen LogP contribution in [-0.4, -0.2) is 30.2 Å². The Kier molecular flexibility index (Phi) is 5.36. The number of hydrazone groups is 1. The second-order valence-electron chi connectivity index (χ2n) is 5.71. The van der Waals surface area contributed by atoms with E-state index in [4.69, 9.17) is 0 Å². The molecule has 3 aromatic rings. The molecule has 0 atom stereocenters. The van der Waals surface area contributed by atoms with Crippen LogP contribution in [0.3, 0.4) is 0 Å². The smallest absolute Gasteiger partial charge is 0.203 e. The summed E-state index contributed by atoms with van der Waals surface area (Å²) in [5.41, 5.74) is 7.46. The largest absolute Gasteiger partial charge is 0.305 e. The van der Waals surface area contributed by atoms with E-state index in [2.05, 4.69) is 64.8 Å². The Balaban J connectivity index is 1.68. The Morgan fingerprint density at radius 1 is 1.08 bits per heavy atom. The van der Waals surface area contributed by atoms with Gasteiger partial charge in [0.2, 0.25) is 5.13 Å². The lowest BCUT2D eigenvalue weighted by Gasteiger charge is -2.11. The topological polar surface area (TPSA) is 40.5 Å². The second-order valence-corrected chi connectivity index (χ2v) is 6.57. The molecular weight excluding hydrogens is 316 g/mol. The maximum Gasteiger partial charge on any atom is 0.203 e. The summed E-state index contributed by atoms with van der Waals surface area (Å²) in [5.74, 6) is 0. The molecule has 0 saturated heterocycles. The van der Waals surface area contributed by atoms with E-state index in [0.29, 0.717) is 0 Å². The van der Waals surface area contributed by atoms with Crippen molar-refractivity contribution in [3.63, 3.8) is 0 Å². The van der Waals surface area contributed by atoms with Crippen molar-refractivity contribution < 1.29 is 0 Å². The summed E-state index contributed by atoms with van der Waals surface area (Å²) in [7, 11) is 4.12. The first-order valence-electron chi connectivity index (χ1n) is 7.75. The second kappa shape index (κ2) is 7.86. The number of aromatic nitrogens is 1. The van der Waals surface area contributed by atoms with E-state index in [0.717, 1.165) is 28.5 Å². The van der Waals surface area contributed by atoms with Crippen molar-refractivity contribution in [3.05, 3.63) is 71.1 Å². The number of nitrogens with zero attached hydrogens (tertiary/aromatic N) is 3. The molecular formula is C19H20N4S. The SMILES string of the molecule is CN(C)Cc1ccccc1C=NNc1nc(-c2ccccc2)cs1. The molecule has 1 aromatic heterocycles. The highest BCUT2D eigenvalue weighted by Gasteiger charge is 2.03. The molecule has 0 fully saturated rings. The first kappa shape index (κ1) is 16.4. The number of hydrogen-bond acceptors (Lipinski definition) is 5. The van der Waals surface area contributed by atoms with Gasteiger partial charge in [-0.15, -0.1) is 11.3 Å². The fourth-order valence-corrected chi connectivity index (χ4v) is 3.04. The number of benzene rings is 2. The molecule has 0 radical (unpaired) electrons. The van der Waals surface area contributed by atoms with E-state index in [-0.39, 0.29) is 0 Å². The van der Waals surface area contributed by atoms with Crippen molar-refractivity contribution >= 4 is 22.7 Å². The van der Waals surface area contributed by atoms with E-state index in [1.165, 1.54) is 5.56 Å². The van der Waals surface area contributed by atoms with Crippen LogP contribution in [-0.2, 0) is 6.54 Å². The molecule has 1 N–H and O–H groups in total. The molecule has 0 saturated carbocycles. The van der Waals surface area contributed by atoms with Crippen molar-refractivity contribution in [2.75, 3.05) is 19.5 Å². The molecule has 24 heavy (non-hydrogen) atoms. The molecule has 0 spiro atoms. The summed E-state index contributed by atoms with van der Waals surface area (Å²) in [6.07, 6.45) is 1.85. The van der Waals surface area contributed by atoms with Crippen LogP contribution in [0.1, 0.15) is 11.1 Å². The van der Waals surface area contributed by atoms with Crippen LogP contribution in [0, 0.1) is 0 Å². The van der Waals surface area contributed by atoms with Crippen LogP contribution in [0.4, 0.5) is 5.13 Å². The van der Waals surface area contributed by atoms with E-state index in [1.807, 2.05) is 35.9 Å². The Hall–Kier alpha value is -2.50. The number of anilines is 1. The molecule has 5 heteroatoms. The van der Waals surface area contributed by atoms with Crippen molar-refractivity contribution in [1.29, 1.82) is 0 Å². The van der Waals surface area contributed by atoms with Gasteiger partial charge in [-0.05, 0) is 25.2 Å². The maximum atomic E-state index is 4.57. The Bertz CT molecular complexity index is 809. The lowest BCUT2D eigenvalue weighted by molar-refractivity contribution is 0.402. The molecule has 0 aliphatic heterocycles. The van der Waals surface area contributed by atoms with Crippen molar-refractivity contribution in [2.45, 2.75) is 6.54 Å². The lowest BCUT2D eigenvalue weighted by atomic mass is 10.1. The molecule has 2 aromatic carbocycles. The van der Waals surface area contributed by atoms with Crippen LogP contribution >= 0.6 is 11.3 Å². The molecule has 0 aliphatic rings. The summed E-state index contributed by atoms with van der Waals surface area (Å²) in [6, 6.07) is 18.4. The third-order valence-electron chi connectivity index (χ3n) is 3.48. The van der Waals surface area contributed by atoms with Gasteiger partial charge in [-0.1, -0.05) is 54.6 Å². The van der Waals surface area contributed by atoms with Gasteiger partial charge in [0, 0.05) is 17.5 Å². The number of thiazole rings is 1. The molecule has 3 rings (SSSR count). The molecule has 0 amide bonds. The standard InChI is InChI=1S/C19H20N4S/c1-23(2)13-17-11-7-6-10-16(17)12-20-22-19-21-18(14-24-19)15-8-4-3-5-9-15/h3-12,14H,13H2,1-2H3,(H,21,22). The van der Waals surface area contributed by atoms with Gasteiger partial charge in [0.15, 0.2) is 0 Å². The summed E-state index contributed by atoms with van der Waals surface area (Å²) < 4.78 is 0. The molecule has 122 valence electrons. The van der Waals surface area contributed by atoms with E-state index < -0.39 is 0 Å². The van der Waals surface area contributed by atoms with Gasteiger partial charge < -0.3 is 4.90 Å². The van der Waals surface area contributed by atoms with Crippen LogP contribution in [0.25, 0.3) is 11.3 Å². The molecule has 1 heterocycles. The van der Waals surface area contributed by atoms with Gasteiger partial charge in [-0.2, -0.15) is 5.10 Å². The highest BCUT2D eigenvalue weighted by atomic mass is 32.1. The molecule has 4 nitrogen and oxygen atoms in total. The van der Waals surface area contributed by atoms with Crippen LogP contribution in [0.2, 0.25) is 0 Å². The van der Waals surface area contributed by atoms with E-state index >= 15 is 0 Å². The van der Waals surface area contributed by atoms with E-state index in [1.54, 1.807) is 11.3 Å². The average Bonchev–Trinajstić information content (AvgIpc) is 3.06. The number of nitrogens with one attached hydrogen (secondary N) is 1. The Labute approximate surface area is 146 Å². The first-order chi connectivity index (χ1) is 11.7. The molecule has 0 bridgehead atoms. The van der Waals surface area contributed by atoms with Gasteiger partial charge in [-0.25, -0.2) is 4.98 Å². The minimum Gasteiger partial charge on any atom is -0.305 e. The molecule has 0 aliphatic carbocycles. The minimum atomic E-state index is 0.787. The number of hydrogen-bond donors (Lipinski definition) is 1. The fraction of sp³-hybridized carbons (Fsp3) is 0.158. The van der Waals surface area contributed by atoms with Crippen LogP contribution in [0.5, 0.6) is 0 Å². The average molecular weight is 336 g/mol. The zero-order valence-electron chi connectivity index (χ0n) is 13.8. The third kappa shape index (κ3) is 4.28. The van der Waals surface area contributed by atoms with Gasteiger partial charge in [0.1, 0.15) is 0 Å². The van der Waals surface area contributed by atoms with Gasteiger partial charge in [-0.3, -0.25) is 5.43 Å². The van der Waals surface area contributed by atoms with E-state index in [9.17, 15) is 0 Å². The Morgan fingerprint density at radius 2 is 1.83 bits per heavy atom. The first-order valence-corrected chi connectivity index (χ1v) is 8.63. The zero-order valence-corrected chi connectivity index (χ0v) is 14.6. The summed E-state index contributed by atoms with van der Waals surface area (Å²) >= 11 is 1.55. The van der Waals surface area contributed by atoms with Gasteiger partial charge >= 0.3 is 0 Å². The maximum absolute atomic E-state index is 4.57. The van der Waals surface area contributed by atoms with Crippen LogP contribution in [0.15, 0.2) is 65.1 Å². The van der Waals surface area contributed by atoms with Crippen molar-refractivity contribution in [3.8, 4) is 11.3 Å². The fourth-order valence-electron chi connectivity index (χ4n) is 2.37. The van der Waals surface area contributed by atoms with Crippen molar-refractivity contribution in [2.24, 2.45) is 5.10 Å². The summed E-state index contributed by atoms with van der Waals surface area (Å²) in [4.78, 5) is 6.71. The Morgan fingerprint density at radius 3 is 2.62 bits per heavy atom. The highest BCUT2D eigenvalue weighted by Crippen LogP contribution is 2.24. The summed E-state index contributed by atoms with van der Waals surface area (Å²) in [6.45, 7) is 0.887. The summed E-state index contributed by atoms with van der Waals surface area (Å²) in [5, 5.41) is 7.16. The highest BCUT2D eigenvalue weighted by molar-refractivity contribution is 7.14. The predicted octanol–water partition coefficient (Wildman–Crippen LogP) is 4.32. The zero-order chi connectivity index (χ0) is 16.8.